The molecule has 1 saturated heterocycles. The number of piperidine rings is 1. The van der Waals surface area contributed by atoms with Gasteiger partial charge in [-0.2, -0.15) is 4.31 Å². The molecule has 1 fully saturated rings. The van der Waals surface area contributed by atoms with Gasteiger partial charge in [0.1, 0.15) is 10.0 Å². The van der Waals surface area contributed by atoms with Crippen molar-refractivity contribution in [3.8, 4) is 0 Å². The molecule has 3 rings (SSSR count). The fraction of sp³-hybridized carbons (Fsp3) is 0.400. The number of nitrogens with zero attached hydrogens (tertiary/aromatic N) is 2. The predicted octanol–water partition coefficient (Wildman–Crippen LogP) is 3.37. The van der Waals surface area contributed by atoms with Crippen LogP contribution < -0.4 is 0 Å². The zero-order valence-corrected chi connectivity index (χ0v) is 13.4. The van der Waals surface area contributed by atoms with Gasteiger partial charge in [0, 0.05) is 18.5 Å². The number of halogens is 1. The van der Waals surface area contributed by atoms with Crippen molar-refractivity contribution in [3.05, 3.63) is 35.0 Å². The van der Waals surface area contributed by atoms with Crippen molar-refractivity contribution >= 4 is 32.5 Å². The van der Waals surface area contributed by atoms with E-state index < -0.39 is 10.0 Å². The lowest BCUT2D eigenvalue weighted by molar-refractivity contribution is 0.347. The number of benzene rings is 1. The molecule has 6 heteroatoms. The maximum absolute atomic E-state index is 12.8. The lowest BCUT2D eigenvalue weighted by Gasteiger charge is -2.26. The predicted molar refractivity (Wildman–Crippen MR) is 84.1 cm³/mol. The molecule has 0 saturated carbocycles. The molecule has 0 spiro atoms. The Balaban J connectivity index is 2.17. The van der Waals surface area contributed by atoms with Crippen LogP contribution >= 0.6 is 11.6 Å². The van der Waals surface area contributed by atoms with Crippen LogP contribution in [-0.2, 0) is 10.0 Å². The van der Waals surface area contributed by atoms with Crippen LogP contribution in [-0.4, -0.2) is 30.8 Å². The monoisotopic (exact) mass is 324 g/mol. The lowest BCUT2D eigenvalue weighted by Crippen LogP contribution is -2.35. The van der Waals surface area contributed by atoms with E-state index in [9.17, 15) is 8.42 Å². The van der Waals surface area contributed by atoms with E-state index in [0.29, 0.717) is 23.8 Å². The van der Waals surface area contributed by atoms with Gasteiger partial charge in [-0.1, -0.05) is 30.2 Å². The Morgan fingerprint density at radius 3 is 2.62 bits per heavy atom. The average molecular weight is 325 g/mol. The summed E-state index contributed by atoms with van der Waals surface area (Å²) in [6.45, 7) is 3.03. The van der Waals surface area contributed by atoms with Crippen LogP contribution in [0.3, 0.4) is 0 Å². The molecule has 0 radical (unpaired) electrons. The summed E-state index contributed by atoms with van der Waals surface area (Å²) < 4.78 is 27.2. The Labute approximate surface area is 129 Å². The fourth-order valence-corrected chi connectivity index (χ4v) is 4.52. The van der Waals surface area contributed by atoms with Crippen LogP contribution in [0.2, 0.25) is 5.15 Å². The van der Waals surface area contributed by atoms with E-state index in [4.69, 9.17) is 11.6 Å². The summed E-state index contributed by atoms with van der Waals surface area (Å²) in [4.78, 5) is 4.55. The van der Waals surface area contributed by atoms with Crippen molar-refractivity contribution < 1.29 is 8.42 Å². The Hall–Kier alpha value is -1.17. The van der Waals surface area contributed by atoms with Gasteiger partial charge in [-0.05, 0) is 37.5 Å². The number of rotatable bonds is 2. The summed E-state index contributed by atoms with van der Waals surface area (Å²) in [5.74, 6) is 0. The van der Waals surface area contributed by atoms with Gasteiger partial charge in [0.25, 0.3) is 0 Å². The van der Waals surface area contributed by atoms with Crippen molar-refractivity contribution in [1.29, 1.82) is 0 Å². The highest BCUT2D eigenvalue weighted by molar-refractivity contribution is 7.89. The summed E-state index contributed by atoms with van der Waals surface area (Å²) in [6, 6.07) is 7.11. The average Bonchev–Trinajstić information content (AvgIpc) is 2.49. The van der Waals surface area contributed by atoms with Crippen molar-refractivity contribution in [3.63, 3.8) is 0 Å². The number of pyridine rings is 1. The normalized spacial score (nSPS) is 17.2. The zero-order chi connectivity index (χ0) is 15.0. The SMILES string of the molecule is Cc1cc2cccc(S(=O)(=O)N3CCCCC3)c2nc1Cl. The minimum atomic E-state index is -3.51. The van der Waals surface area contributed by atoms with Gasteiger partial charge in [-0.25, -0.2) is 13.4 Å². The molecule has 2 aromatic rings. The molecular formula is C15H17ClN2O2S. The van der Waals surface area contributed by atoms with E-state index in [2.05, 4.69) is 4.98 Å². The summed E-state index contributed by atoms with van der Waals surface area (Å²) in [6.07, 6.45) is 2.92. The Morgan fingerprint density at radius 2 is 1.90 bits per heavy atom. The van der Waals surface area contributed by atoms with E-state index in [-0.39, 0.29) is 4.90 Å². The summed E-state index contributed by atoms with van der Waals surface area (Å²) in [7, 11) is -3.51. The van der Waals surface area contributed by atoms with E-state index in [1.54, 1.807) is 16.4 Å². The molecular weight excluding hydrogens is 308 g/mol. The van der Waals surface area contributed by atoms with Crippen LogP contribution in [0.1, 0.15) is 24.8 Å². The second-order valence-electron chi connectivity index (χ2n) is 5.39. The minimum absolute atomic E-state index is 0.254. The molecule has 4 nitrogen and oxygen atoms in total. The summed E-state index contributed by atoms with van der Waals surface area (Å²) >= 11 is 6.08. The van der Waals surface area contributed by atoms with Crippen molar-refractivity contribution in [2.45, 2.75) is 31.1 Å². The van der Waals surface area contributed by atoms with Crippen LogP contribution in [0.4, 0.5) is 0 Å². The highest BCUT2D eigenvalue weighted by atomic mass is 35.5. The quantitative estimate of drug-likeness (QED) is 0.796. The van der Waals surface area contributed by atoms with Gasteiger partial charge >= 0.3 is 0 Å². The number of para-hydroxylation sites is 1. The van der Waals surface area contributed by atoms with Gasteiger partial charge in [0.05, 0.1) is 5.52 Å². The number of aryl methyl sites for hydroxylation is 1. The van der Waals surface area contributed by atoms with Gasteiger partial charge in [-0.15, -0.1) is 0 Å². The molecule has 2 heterocycles. The third kappa shape index (κ3) is 2.65. The third-order valence-electron chi connectivity index (χ3n) is 3.87. The Bertz CT molecular complexity index is 784. The molecule has 21 heavy (non-hydrogen) atoms. The van der Waals surface area contributed by atoms with Gasteiger partial charge in [0.15, 0.2) is 0 Å². The molecule has 0 N–H and O–H groups in total. The number of hydrogen-bond donors (Lipinski definition) is 0. The first kappa shape index (κ1) is 14.8. The standard InChI is InChI=1S/C15H17ClN2O2S/c1-11-10-12-6-5-7-13(14(12)17-15(11)16)21(19,20)18-8-3-2-4-9-18/h5-7,10H,2-4,8-9H2,1H3. The second kappa shape index (κ2) is 5.55. The molecule has 1 aromatic carbocycles. The summed E-state index contributed by atoms with van der Waals surface area (Å²) in [5, 5.41) is 1.15. The van der Waals surface area contributed by atoms with Gasteiger partial charge in [0.2, 0.25) is 10.0 Å². The van der Waals surface area contributed by atoms with E-state index >= 15 is 0 Å². The van der Waals surface area contributed by atoms with Gasteiger partial charge in [-0.3, -0.25) is 0 Å². The van der Waals surface area contributed by atoms with Crippen LogP contribution in [0.5, 0.6) is 0 Å². The topological polar surface area (TPSA) is 50.3 Å². The maximum Gasteiger partial charge on any atom is 0.245 e. The Morgan fingerprint density at radius 1 is 1.19 bits per heavy atom. The smallest absolute Gasteiger partial charge is 0.234 e. The molecule has 1 aromatic heterocycles. The third-order valence-corrected chi connectivity index (χ3v) is 6.18. The lowest BCUT2D eigenvalue weighted by atomic mass is 10.2. The molecule has 0 unspecified atom stereocenters. The molecule has 1 aliphatic rings. The molecule has 0 bridgehead atoms. The molecule has 0 amide bonds. The van der Waals surface area contributed by atoms with Crippen molar-refractivity contribution in [2.24, 2.45) is 0 Å². The molecule has 1 aliphatic heterocycles. The van der Waals surface area contributed by atoms with Gasteiger partial charge < -0.3 is 0 Å². The number of aromatic nitrogens is 1. The van der Waals surface area contributed by atoms with Crippen molar-refractivity contribution in [1.82, 2.24) is 9.29 Å². The maximum atomic E-state index is 12.8. The highest BCUT2D eigenvalue weighted by Gasteiger charge is 2.28. The van der Waals surface area contributed by atoms with Crippen molar-refractivity contribution in [2.75, 3.05) is 13.1 Å². The zero-order valence-electron chi connectivity index (χ0n) is 11.8. The van der Waals surface area contributed by atoms with Crippen LogP contribution in [0, 0.1) is 6.92 Å². The first-order valence-corrected chi connectivity index (χ1v) is 8.88. The van der Waals surface area contributed by atoms with Crippen LogP contribution in [0.15, 0.2) is 29.2 Å². The van der Waals surface area contributed by atoms with Crippen LogP contribution in [0.25, 0.3) is 10.9 Å². The highest BCUT2D eigenvalue weighted by Crippen LogP contribution is 2.28. The van der Waals surface area contributed by atoms with E-state index in [0.717, 1.165) is 30.2 Å². The molecule has 0 atom stereocenters. The summed E-state index contributed by atoms with van der Waals surface area (Å²) in [5.41, 5.74) is 1.30. The Kier molecular flexibility index (Phi) is 3.90. The number of hydrogen-bond acceptors (Lipinski definition) is 3. The molecule has 0 aliphatic carbocycles. The number of fused-ring (bicyclic) bond motifs is 1. The molecule has 112 valence electrons. The van der Waals surface area contributed by atoms with E-state index in [1.807, 2.05) is 19.1 Å². The second-order valence-corrected chi connectivity index (χ2v) is 7.65. The number of sulfonamides is 1. The largest absolute Gasteiger partial charge is 0.245 e. The first-order valence-electron chi connectivity index (χ1n) is 7.06. The minimum Gasteiger partial charge on any atom is -0.234 e. The van der Waals surface area contributed by atoms with E-state index in [1.165, 1.54) is 0 Å². The first-order chi connectivity index (χ1) is 10.00. The fourth-order valence-electron chi connectivity index (χ4n) is 2.71.